The van der Waals surface area contributed by atoms with Crippen LogP contribution >= 0.6 is 0 Å². The summed E-state index contributed by atoms with van der Waals surface area (Å²) in [6.07, 6.45) is 8.17. The average molecular weight is 430 g/mol. The fourth-order valence-electron chi connectivity index (χ4n) is 4.20. The lowest BCUT2D eigenvalue weighted by Gasteiger charge is -2.12. The number of nitrogens with one attached hydrogen (secondary N) is 2. The lowest BCUT2D eigenvalue weighted by molar-refractivity contribution is 1.13. The number of H-pyrrole nitrogens is 2. The molecule has 5 heterocycles. The second-order valence-electron chi connectivity index (χ2n) is 8.53. The molecule has 33 heavy (non-hydrogen) atoms. The van der Waals surface area contributed by atoms with Gasteiger partial charge in [-0.2, -0.15) is 0 Å². The second-order valence-corrected chi connectivity index (χ2v) is 8.53. The van der Waals surface area contributed by atoms with Crippen LogP contribution in [-0.2, 0) is 0 Å². The van der Waals surface area contributed by atoms with Gasteiger partial charge in [0.2, 0.25) is 0 Å². The lowest BCUT2D eigenvalue weighted by Crippen LogP contribution is -2.07. The van der Waals surface area contributed by atoms with E-state index in [1.54, 1.807) is 0 Å². The van der Waals surface area contributed by atoms with E-state index in [1.807, 2.05) is 24.3 Å². The Balaban J connectivity index is 1.61. The van der Waals surface area contributed by atoms with Gasteiger partial charge in [-0.3, -0.25) is 0 Å². The molecule has 3 aromatic heterocycles. The van der Waals surface area contributed by atoms with Crippen molar-refractivity contribution in [1.82, 2.24) is 19.9 Å². The normalized spacial score (nSPS) is 12.3. The fraction of sp³-hybridized carbons (Fsp3) is 0.0714. The Morgan fingerprint density at radius 3 is 1.70 bits per heavy atom. The van der Waals surface area contributed by atoms with Crippen LogP contribution < -0.4 is 4.90 Å². The zero-order chi connectivity index (χ0) is 22.4. The molecule has 0 saturated heterocycles. The van der Waals surface area contributed by atoms with Crippen molar-refractivity contribution < 1.29 is 0 Å². The van der Waals surface area contributed by atoms with Crippen LogP contribution in [0.4, 0.5) is 5.69 Å². The molecule has 160 valence electrons. The van der Waals surface area contributed by atoms with E-state index in [9.17, 15) is 0 Å². The minimum atomic E-state index is 0.917. The van der Waals surface area contributed by atoms with E-state index in [-0.39, 0.29) is 0 Å². The van der Waals surface area contributed by atoms with Crippen molar-refractivity contribution in [3.8, 4) is 11.1 Å². The largest absolute Gasteiger partial charge is 0.378 e. The third-order valence-electron chi connectivity index (χ3n) is 5.86. The first kappa shape index (κ1) is 19.3. The van der Waals surface area contributed by atoms with Crippen LogP contribution in [0, 0.1) is 0 Å². The number of aromatic amines is 2. The van der Waals surface area contributed by atoms with Gasteiger partial charge in [-0.25, -0.2) is 9.97 Å². The summed E-state index contributed by atoms with van der Waals surface area (Å²) in [7, 11) is 4.10. The highest BCUT2D eigenvalue weighted by Gasteiger charge is 2.08. The first-order valence-corrected chi connectivity index (χ1v) is 11.0. The minimum absolute atomic E-state index is 0.917. The lowest BCUT2D eigenvalue weighted by atomic mass is 10.1. The Labute approximate surface area is 191 Å². The number of aromatic nitrogens is 4. The van der Waals surface area contributed by atoms with E-state index in [2.05, 4.69) is 95.7 Å². The maximum atomic E-state index is 4.80. The van der Waals surface area contributed by atoms with Crippen LogP contribution in [0.5, 0.6) is 0 Å². The highest BCUT2D eigenvalue weighted by atomic mass is 15.1. The summed E-state index contributed by atoms with van der Waals surface area (Å²) in [5.41, 5.74) is 11.2. The van der Waals surface area contributed by atoms with E-state index in [4.69, 9.17) is 9.97 Å². The molecular formula is C28H23N5. The van der Waals surface area contributed by atoms with Crippen LogP contribution in [0.1, 0.15) is 22.8 Å². The fourth-order valence-corrected chi connectivity index (χ4v) is 4.20. The Morgan fingerprint density at radius 1 is 0.576 bits per heavy atom. The standard InChI is InChI=1S/C28H23N5/c1-33(2)26-11-3-18(4-12-26)27-16-25-15-23-8-7-21(30-23)13-19-5-6-20(29-19)14-22-9-10-24(31-22)17-28(27)32-25/h3-17,29,32H,1-2H3. The van der Waals surface area contributed by atoms with Crippen molar-refractivity contribution in [2.45, 2.75) is 0 Å². The maximum Gasteiger partial charge on any atom is 0.0658 e. The smallest absolute Gasteiger partial charge is 0.0658 e. The van der Waals surface area contributed by atoms with Crippen LogP contribution in [0.25, 0.3) is 57.5 Å². The van der Waals surface area contributed by atoms with Gasteiger partial charge < -0.3 is 14.9 Å². The van der Waals surface area contributed by atoms with Gasteiger partial charge in [0.1, 0.15) is 0 Å². The van der Waals surface area contributed by atoms with Gasteiger partial charge in [-0.1, -0.05) is 12.1 Å². The number of nitrogens with zero attached hydrogens (tertiary/aromatic N) is 3. The van der Waals surface area contributed by atoms with Crippen molar-refractivity contribution in [3.05, 3.63) is 89.5 Å². The van der Waals surface area contributed by atoms with E-state index in [1.165, 1.54) is 5.69 Å². The van der Waals surface area contributed by atoms with Crippen molar-refractivity contribution in [3.63, 3.8) is 0 Å². The maximum absolute atomic E-state index is 4.80. The van der Waals surface area contributed by atoms with Crippen molar-refractivity contribution in [2.24, 2.45) is 0 Å². The summed E-state index contributed by atoms with van der Waals surface area (Å²) in [5, 5.41) is 0. The summed E-state index contributed by atoms with van der Waals surface area (Å²) in [6.45, 7) is 0. The van der Waals surface area contributed by atoms with Gasteiger partial charge in [0, 0.05) is 47.4 Å². The highest BCUT2D eigenvalue weighted by Crippen LogP contribution is 2.29. The van der Waals surface area contributed by atoms with Crippen LogP contribution in [0.2, 0.25) is 0 Å². The molecule has 2 aliphatic rings. The summed E-state index contributed by atoms with van der Waals surface area (Å²) < 4.78 is 0. The van der Waals surface area contributed by atoms with E-state index >= 15 is 0 Å². The molecule has 0 aliphatic carbocycles. The molecule has 0 saturated carbocycles. The Hall–Kier alpha value is -4.38. The third kappa shape index (κ3) is 3.85. The summed E-state index contributed by atoms with van der Waals surface area (Å²) in [4.78, 5) is 18.7. The molecular weight excluding hydrogens is 406 g/mol. The topological polar surface area (TPSA) is 60.6 Å². The predicted octanol–water partition coefficient (Wildman–Crippen LogP) is 6.39. The van der Waals surface area contributed by atoms with Gasteiger partial charge >= 0.3 is 0 Å². The molecule has 6 rings (SSSR count). The number of hydrogen-bond acceptors (Lipinski definition) is 3. The van der Waals surface area contributed by atoms with Gasteiger partial charge in [0.05, 0.1) is 22.8 Å². The molecule has 8 bridgehead atoms. The molecule has 2 aliphatic heterocycles. The molecule has 5 nitrogen and oxygen atoms in total. The molecule has 2 N–H and O–H groups in total. The first-order chi connectivity index (χ1) is 16.1. The van der Waals surface area contributed by atoms with E-state index in [0.717, 1.165) is 56.0 Å². The van der Waals surface area contributed by atoms with Gasteiger partial charge in [0.25, 0.3) is 0 Å². The summed E-state index contributed by atoms with van der Waals surface area (Å²) in [5.74, 6) is 0. The Morgan fingerprint density at radius 2 is 1.12 bits per heavy atom. The molecule has 0 unspecified atom stereocenters. The molecule has 5 heteroatoms. The average Bonchev–Trinajstić information content (AvgIpc) is 3.59. The van der Waals surface area contributed by atoms with E-state index in [0.29, 0.717) is 0 Å². The monoisotopic (exact) mass is 429 g/mol. The predicted molar refractivity (Wildman–Crippen MR) is 139 cm³/mol. The molecule has 0 amide bonds. The zero-order valence-corrected chi connectivity index (χ0v) is 18.5. The number of anilines is 1. The van der Waals surface area contributed by atoms with Gasteiger partial charge in [-0.15, -0.1) is 0 Å². The van der Waals surface area contributed by atoms with Crippen LogP contribution in [0.3, 0.4) is 0 Å². The SMILES string of the molecule is CN(C)c1ccc(-c2cc3cc4nc(cc5ccc(cc6nc(cc2[nH]3)C=C6)[nH]5)C=C4)cc1. The molecule has 0 spiro atoms. The Bertz CT molecular complexity index is 1580. The summed E-state index contributed by atoms with van der Waals surface area (Å²) >= 11 is 0. The van der Waals surface area contributed by atoms with Crippen LogP contribution in [-0.4, -0.2) is 34.0 Å². The first-order valence-electron chi connectivity index (χ1n) is 11.0. The third-order valence-corrected chi connectivity index (χ3v) is 5.86. The minimum Gasteiger partial charge on any atom is -0.378 e. The molecule has 0 radical (unpaired) electrons. The molecule has 0 fully saturated rings. The highest BCUT2D eigenvalue weighted by molar-refractivity contribution is 5.88. The molecule has 1 aromatic carbocycles. The van der Waals surface area contributed by atoms with Crippen LogP contribution in [0.15, 0.2) is 66.7 Å². The number of rotatable bonds is 2. The summed E-state index contributed by atoms with van der Waals surface area (Å²) in [6, 6.07) is 23.2. The molecule has 0 atom stereocenters. The zero-order valence-electron chi connectivity index (χ0n) is 18.5. The van der Waals surface area contributed by atoms with E-state index < -0.39 is 0 Å². The van der Waals surface area contributed by atoms with Gasteiger partial charge in [0.15, 0.2) is 0 Å². The number of benzene rings is 1. The quantitative estimate of drug-likeness (QED) is 0.335. The van der Waals surface area contributed by atoms with Crippen molar-refractivity contribution in [1.29, 1.82) is 0 Å². The number of hydrogen-bond donors (Lipinski definition) is 2. The van der Waals surface area contributed by atoms with Crippen molar-refractivity contribution >= 4 is 52.1 Å². The Kier molecular flexibility index (Phi) is 4.47. The van der Waals surface area contributed by atoms with Crippen molar-refractivity contribution in [2.75, 3.05) is 19.0 Å². The second kappa shape index (κ2) is 7.64. The van der Waals surface area contributed by atoms with Gasteiger partial charge in [-0.05, 0) is 84.5 Å². The number of fused-ring (bicyclic) bond motifs is 8. The molecule has 4 aromatic rings.